The maximum Gasteiger partial charge on any atom is 0.271 e. The zero-order valence-corrected chi connectivity index (χ0v) is 20.9. The Hall–Kier alpha value is -2.96. The standard InChI is InChI=1S/C28H35N3O4/c1-4-34-19-10-8-18(9-11-19)15-31-26(32)24-14-25-23-13-20(35-25)12-21-17(2)6-5-7-22(21)29-27(33)28(31,3)16-30(23)24/h8-11,14,17,20-22H,4-7,12-13,15-16H2,1-3H3,(H,29,33). The third-order valence-corrected chi connectivity index (χ3v) is 8.75. The van der Waals surface area contributed by atoms with Crippen LogP contribution in [0.15, 0.2) is 30.3 Å². The predicted octanol–water partition coefficient (Wildman–Crippen LogP) is 3.93. The van der Waals surface area contributed by atoms with Crippen LogP contribution in [0, 0.1) is 11.8 Å². The molecule has 35 heavy (non-hydrogen) atoms. The van der Waals surface area contributed by atoms with Gasteiger partial charge in [-0.15, -0.1) is 0 Å². The molecule has 1 aromatic carbocycles. The molecular formula is C28H35N3O4. The van der Waals surface area contributed by atoms with E-state index in [-0.39, 0.29) is 24.0 Å². The first kappa shape index (κ1) is 22.5. The lowest BCUT2D eigenvalue weighted by Gasteiger charge is -2.46. The van der Waals surface area contributed by atoms with Crippen LogP contribution in [-0.2, 0) is 24.3 Å². The number of nitrogens with zero attached hydrogens (tertiary/aromatic N) is 2. The summed E-state index contributed by atoms with van der Waals surface area (Å²) >= 11 is 0. The number of benzene rings is 1. The molecule has 5 unspecified atom stereocenters. The summed E-state index contributed by atoms with van der Waals surface area (Å²) in [6.07, 6.45) is 5.15. The highest BCUT2D eigenvalue weighted by Crippen LogP contribution is 2.43. The largest absolute Gasteiger partial charge is 0.494 e. The fourth-order valence-corrected chi connectivity index (χ4v) is 6.73. The number of rotatable bonds is 4. The summed E-state index contributed by atoms with van der Waals surface area (Å²) in [6.45, 7) is 7.60. The zero-order chi connectivity index (χ0) is 24.3. The molecule has 1 aliphatic carbocycles. The zero-order valence-electron chi connectivity index (χ0n) is 20.9. The Morgan fingerprint density at radius 2 is 2.00 bits per heavy atom. The predicted molar refractivity (Wildman–Crippen MR) is 131 cm³/mol. The van der Waals surface area contributed by atoms with Crippen LogP contribution in [0.4, 0.5) is 0 Å². The molecule has 0 saturated heterocycles. The number of amides is 2. The van der Waals surface area contributed by atoms with E-state index >= 15 is 0 Å². The smallest absolute Gasteiger partial charge is 0.271 e. The van der Waals surface area contributed by atoms with Crippen molar-refractivity contribution in [2.24, 2.45) is 11.8 Å². The van der Waals surface area contributed by atoms with Gasteiger partial charge in [0.05, 0.1) is 18.8 Å². The van der Waals surface area contributed by atoms with Gasteiger partial charge in [-0.1, -0.05) is 31.9 Å². The minimum atomic E-state index is -0.997. The normalized spacial score (nSPS) is 31.5. The fraction of sp³-hybridized carbons (Fsp3) is 0.571. The molecule has 5 atom stereocenters. The number of hydrogen-bond acceptors (Lipinski definition) is 4. The van der Waals surface area contributed by atoms with E-state index in [1.165, 1.54) is 6.42 Å². The second-order valence-corrected chi connectivity index (χ2v) is 11.0. The lowest BCUT2D eigenvalue weighted by atomic mass is 9.73. The summed E-state index contributed by atoms with van der Waals surface area (Å²) in [7, 11) is 0. The van der Waals surface area contributed by atoms with Crippen LogP contribution in [0.25, 0.3) is 0 Å². The molecule has 4 aliphatic rings. The van der Waals surface area contributed by atoms with Gasteiger partial charge in [-0.25, -0.2) is 0 Å². The van der Waals surface area contributed by atoms with E-state index in [9.17, 15) is 9.59 Å². The van der Waals surface area contributed by atoms with Crippen molar-refractivity contribution in [2.45, 2.75) is 83.6 Å². The van der Waals surface area contributed by atoms with Crippen molar-refractivity contribution in [3.8, 4) is 11.5 Å². The summed E-state index contributed by atoms with van der Waals surface area (Å²) in [5.74, 6) is 2.37. The average molecular weight is 478 g/mol. The molecule has 7 nitrogen and oxygen atoms in total. The third-order valence-electron chi connectivity index (χ3n) is 8.75. The highest BCUT2D eigenvalue weighted by molar-refractivity contribution is 6.00. The summed E-state index contributed by atoms with van der Waals surface area (Å²) in [5, 5.41) is 3.42. The number of aromatic nitrogens is 1. The Morgan fingerprint density at radius 3 is 2.77 bits per heavy atom. The summed E-state index contributed by atoms with van der Waals surface area (Å²) < 4.78 is 14.0. The van der Waals surface area contributed by atoms with E-state index in [1.807, 2.05) is 44.2 Å². The Bertz CT molecular complexity index is 1160. The first-order valence-electron chi connectivity index (χ1n) is 13.1. The van der Waals surface area contributed by atoms with E-state index in [0.29, 0.717) is 37.2 Å². The van der Waals surface area contributed by atoms with Crippen LogP contribution < -0.4 is 14.8 Å². The molecule has 186 valence electrons. The van der Waals surface area contributed by atoms with Crippen molar-refractivity contribution >= 4 is 11.8 Å². The van der Waals surface area contributed by atoms with Crippen molar-refractivity contribution in [3.63, 3.8) is 0 Å². The second-order valence-electron chi connectivity index (χ2n) is 11.0. The van der Waals surface area contributed by atoms with Gasteiger partial charge < -0.3 is 24.3 Å². The van der Waals surface area contributed by atoms with E-state index < -0.39 is 5.54 Å². The number of nitrogens with one attached hydrogen (secondary N) is 1. The second kappa shape index (κ2) is 8.32. The SMILES string of the molecule is CCOc1ccc(CN2C(=O)c3cc4c5n3CC2(C)C(=O)NC2CCCC(C)C2CC(C5)O4)cc1. The van der Waals surface area contributed by atoms with Crippen molar-refractivity contribution in [1.82, 2.24) is 14.8 Å². The molecule has 1 N–H and O–H groups in total. The number of fused-ring (bicyclic) bond motifs is 3. The molecule has 3 aliphatic heterocycles. The van der Waals surface area contributed by atoms with E-state index in [0.717, 1.165) is 48.4 Å². The van der Waals surface area contributed by atoms with Gasteiger partial charge in [0.25, 0.3) is 5.91 Å². The van der Waals surface area contributed by atoms with Gasteiger partial charge in [0.1, 0.15) is 28.8 Å². The van der Waals surface area contributed by atoms with E-state index in [1.54, 1.807) is 4.90 Å². The lowest BCUT2D eigenvalue weighted by Crippen LogP contribution is -2.65. The Kier molecular flexibility index (Phi) is 5.35. The molecule has 4 bridgehead atoms. The van der Waals surface area contributed by atoms with Crippen LogP contribution in [0.2, 0.25) is 0 Å². The van der Waals surface area contributed by atoms with Crippen molar-refractivity contribution in [1.29, 1.82) is 0 Å². The molecule has 1 saturated carbocycles. The minimum absolute atomic E-state index is 0.0484. The first-order chi connectivity index (χ1) is 16.9. The summed E-state index contributed by atoms with van der Waals surface area (Å²) in [5.41, 5.74) is 1.66. The number of hydrogen-bond donors (Lipinski definition) is 1. The fourth-order valence-electron chi connectivity index (χ4n) is 6.73. The molecule has 6 rings (SSSR count). The van der Waals surface area contributed by atoms with Gasteiger partial charge in [-0.2, -0.15) is 0 Å². The molecule has 2 aromatic rings. The van der Waals surface area contributed by atoms with Crippen molar-refractivity contribution < 1.29 is 19.1 Å². The Labute approximate surface area is 206 Å². The number of carbonyl (C=O) groups excluding carboxylic acids is 2. The van der Waals surface area contributed by atoms with Crippen LogP contribution in [-0.4, -0.2) is 45.6 Å². The summed E-state index contributed by atoms with van der Waals surface area (Å²) in [4.78, 5) is 29.7. The van der Waals surface area contributed by atoms with E-state index in [2.05, 4.69) is 16.8 Å². The van der Waals surface area contributed by atoms with Crippen LogP contribution in [0.3, 0.4) is 0 Å². The quantitative estimate of drug-likeness (QED) is 0.724. The van der Waals surface area contributed by atoms with E-state index in [4.69, 9.17) is 9.47 Å². The van der Waals surface area contributed by atoms with Gasteiger partial charge in [0.15, 0.2) is 0 Å². The molecule has 4 heterocycles. The van der Waals surface area contributed by atoms with Gasteiger partial charge in [-0.05, 0) is 56.2 Å². The Morgan fingerprint density at radius 1 is 1.20 bits per heavy atom. The van der Waals surface area contributed by atoms with Gasteiger partial charge in [0.2, 0.25) is 5.91 Å². The number of carbonyl (C=O) groups is 2. The minimum Gasteiger partial charge on any atom is -0.494 e. The average Bonchev–Trinajstić information content (AvgIpc) is 3.38. The molecule has 2 amide bonds. The summed E-state index contributed by atoms with van der Waals surface area (Å²) in [6, 6.07) is 9.82. The van der Waals surface area contributed by atoms with Crippen molar-refractivity contribution in [3.05, 3.63) is 47.3 Å². The van der Waals surface area contributed by atoms with Gasteiger partial charge >= 0.3 is 0 Å². The van der Waals surface area contributed by atoms with Crippen LogP contribution in [0.5, 0.6) is 11.5 Å². The van der Waals surface area contributed by atoms with Gasteiger partial charge in [-0.3, -0.25) is 9.59 Å². The topological polar surface area (TPSA) is 72.8 Å². The highest BCUT2D eigenvalue weighted by Gasteiger charge is 2.51. The number of ether oxygens (including phenoxy) is 2. The molecule has 1 aromatic heterocycles. The maximum absolute atomic E-state index is 14.0. The monoisotopic (exact) mass is 477 g/mol. The van der Waals surface area contributed by atoms with Crippen LogP contribution >= 0.6 is 0 Å². The molecule has 0 spiro atoms. The highest BCUT2D eigenvalue weighted by atomic mass is 16.5. The molecule has 7 heteroatoms. The lowest BCUT2D eigenvalue weighted by molar-refractivity contribution is -0.134. The van der Waals surface area contributed by atoms with Gasteiger partial charge in [0, 0.05) is 25.1 Å². The Balaban J connectivity index is 1.40. The molecule has 1 fully saturated rings. The molecule has 0 radical (unpaired) electrons. The van der Waals surface area contributed by atoms with Crippen molar-refractivity contribution in [2.75, 3.05) is 6.61 Å². The van der Waals surface area contributed by atoms with Crippen LogP contribution in [0.1, 0.15) is 68.2 Å². The maximum atomic E-state index is 14.0. The third kappa shape index (κ3) is 3.62. The molecular weight excluding hydrogens is 442 g/mol. The first-order valence-corrected chi connectivity index (χ1v) is 13.1.